The topological polar surface area (TPSA) is 95.8 Å². The molecule has 1 aliphatic rings. The molecule has 0 aliphatic carbocycles. The summed E-state index contributed by atoms with van der Waals surface area (Å²) in [6.45, 7) is 3.81. The van der Waals surface area contributed by atoms with Gasteiger partial charge in [-0.25, -0.2) is 17.2 Å². The fourth-order valence-electron chi connectivity index (χ4n) is 4.50. The van der Waals surface area contributed by atoms with Crippen LogP contribution in [0.3, 0.4) is 0 Å². The number of carbonyl (C=O) groups is 1. The van der Waals surface area contributed by atoms with Crippen LogP contribution in [-0.2, 0) is 14.8 Å². The van der Waals surface area contributed by atoms with Crippen LogP contribution in [0.25, 0.3) is 12.2 Å². The van der Waals surface area contributed by atoms with Crippen LogP contribution < -0.4 is 10.2 Å². The Morgan fingerprint density at radius 1 is 1.11 bits per heavy atom. The van der Waals surface area contributed by atoms with Gasteiger partial charge in [0.25, 0.3) is 0 Å². The van der Waals surface area contributed by atoms with E-state index in [1.54, 1.807) is 0 Å². The second kappa shape index (κ2) is 11.0. The van der Waals surface area contributed by atoms with Crippen molar-refractivity contribution in [3.8, 4) is 0 Å². The van der Waals surface area contributed by atoms with E-state index in [0.29, 0.717) is 18.5 Å². The average Bonchev–Trinajstić information content (AvgIpc) is 3.25. The average molecular weight is 545 g/mol. The SMILES string of the molecule is Cc1ccc(NC(=O)C2CCN(S(=O)(=O)c3c(C)noc3C=Cc3ccc(F)cc3F)CC2)cc1N(C)C. The first-order chi connectivity index (χ1) is 18.0. The molecule has 1 N–H and O–H groups in total. The molecule has 0 atom stereocenters. The van der Waals surface area contributed by atoms with Gasteiger partial charge in [0.1, 0.15) is 17.3 Å². The molecule has 1 aromatic heterocycles. The van der Waals surface area contributed by atoms with Crippen LogP contribution in [-0.4, -0.2) is 51.0 Å². The third kappa shape index (κ3) is 5.78. The number of nitrogens with zero attached hydrogens (tertiary/aromatic N) is 3. The highest BCUT2D eigenvalue weighted by Gasteiger charge is 2.36. The van der Waals surface area contributed by atoms with Crippen molar-refractivity contribution in [1.82, 2.24) is 9.46 Å². The number of aryl methyl sites for hydroxylation is 2. The minimum atomic E-state index is -3.99. The van der Waals surface area contributed by atoms with Crippen molar-refractivity contribution >= 4 is 39.5 Å². The van der Waals surface area contributed by atoms with E-state index in [1.807, 2.05) is 44.1 Å². The number of piperidine rings is 1. The van der Waals surface area contributed by atoms with Gasteiger partial charge in [-0.3, -0.25) is 4.79 Å². The summed E-state index contributed by atoms with van der Waals surface area (Å²) in [5.41, 5.74) is 3.02. The highest BCUT2D eigenvalue weighted by atomic mass is 32.2. The normalized spacial score (nSPS) is 15.2. The van der Waals surface area contributed by atoms with Crippen molar-refractivity contribution in [3.63, 3.8) is 0 Å². The molecule has 1 saturated heterocycles. The lowest BCUT2D eigenvalue weighted by atomic mass is 9.97. The van der Waals surface area contributed by atoms with Crippen molar-refractivity contribution in [2.24, 2.45) is 5.92 Å². The van der Waals surface area contributed by atoms with Gasteiger partial charge in [-0.1, -0.05) is 11.2 Å². The Labute approximate surface area is 221 Å². The summed E-state index contributed by atoms with van der Waals surface area (Å²) in [7, 11) is -0.126. The molecule has 0 spiro atoms. The van der Waals surface area contributed by atoms with Gasteiger partial charge in [0, 0.05) is 56.1 Å². The van der Waals surface area contributed by atoms with E-state index >= 15 is 0 Å². The minimum Gasteiger partial charge on any atom is -0.377 e. The number of halogens is 2. The van der Waals surface area contributed by atoms with Crippen LogP contribution in [0.2, 0.25) is 0 Å². The molecule has 11 heteroatoms. The summed E-state index contributed by atoms with van der Waals surface area (Å²) >= 11 is 0. The van der Waals surface area contributed by atoms with Crippen LogP contribution >= 0.6 is 0 Å². The van der Waals surface area contributed by atoms with Gasteiger partial charge in [-0.15, -0.1) is 0 Å². The lowest BCUT2D eigenvalue weighted by Gasteiger charge is -2.30. The van der Waals surface area contributed by atoms with E-state index in [-0.39, 0.29) is 46.8 Å². The molecule has 1 fully saturated rings. The Hall–Kier alpha value is -3.57. The first kappa shape index (κ1) is 27.5. The van der Waals surface area contributed by atoms with Crippen LogP contribution in [0.4, 0.5) is 20.2 Å². The number of sulfonamides is 1. The summed E-state index contributed by atoms with van der Waals surface area (Å²) < 4.78 is 60.7. The maximum absolute atomic E-state index is 14.0. The van der Waals surface area contributed by atoms with Crippen LogP contribution in [0.15, 0.2) is 45.8 Å². The van der Waals surface area contributed by atoms with E-state index < -0.39 is 21.7 Å². The number of anilines is 2. The van der Waals surface area contributed by atoms with Crippen molar-refractivity contribution in [2.75, 3.05) is 37.4 Å². The molecule has 2 heterocycles. The molecule has 1 aliphatic heterocycles. The van der Waals surface area contributed by atoms with E-state index in [0.717, 1.165) is 23.4 Å². The Morgan fingerprint density at radius 2 is 1.82 bits per heavy atom. The molecule has 0 saturated carbocycles. The molecule has 2 aromatic carbocycles. The van der Waals surface area contributed by atoms with Gasteiger partial charge in [0.15, 0.2) is 10.7 Å². The monoisotopic (exact) mass is 544 g/mol. The number of hydrogen-bond acceptors (Lipinski definition) is 6. The van der Waals surface area contributed by atoms with Crippen LogP contribution in [0, 0.1) is 31.4 Å². The third-order valence-corrected chi connectivity index (χ3v) is 8.65. The second-order valence-corrected chi connectivity index (χ2v) is 11.4. The highest BCUT2D eigenvalue weighted by Crippen LogP contribution is 2.30. The Morgan fingerprint density at radius 3 is 2.47 bits per heavy atom. The number of amides is 1. The minimum absolute atomic E-state index is 0.0536. The lowest BCUT2D eigenvalue weighted by molar-refractivity contribution is -0.120. The van der Waals surface area contributed by atoms with Crippen LogP contribution in [0.1, 0.15) is 35.4 Å². The molecule has 0 radical (unpaired) electrons. The largest absolute Gasteiger partial charge is 0.377 e. The smallest absolute Gasteiger partial charge is 0.248 e. The third-order valence-electron chi connectivity index (χ3n) is 6.59. The maximum atomic E-state index is 14.0. The predicted octanol–water partition coefficient (Wildman–Crippen LogP) is 4.85. The zero-order chi connectivity index (χ0) is 27.6. The molecule has 0 unspecified atom stereocenters. The number of aromatic nitrogens is 1. The van der Waals surface area contributed by atoms with Crippen molar-refractivity contribution < 1.29 is 26.5 Å². The Balaban J connectivity index is 1.45. The van der Waals surface area contributed by atoms with E-state index in [1.165, 1.54) is 29.4 Å². The molecular weight excluding hydrogens is 514 g/mol. The highest BCUT2D eigenvalue weighted by molar-refractivity contribution is 7.89. The van der Waals surface area contributed by atoms with E-state index in [4.69, 9.17) is 4.52 Å². The van der Waals surface area contributed by atoms with Crippen LogP contribution in [0.5, 0.6) is 0 Å². The molecule has 202 valence electrons. The van der Waals surface area contributed by atoms with Crippen molar-refractivity contribution in [1.29, 1.82) is 0 Å². The first-order valence-electron chi connectivity index (χ1n) is 12.2. The summed E-state index contributed by atoms with van der Waals surface area (Å²) in [5.74, 6) is -2.04. The fraction of sp³-hybridized carbons (Fsp3) is 0.333. The van der Waals surface area contributed by atoms with Gasteiger partial charge < -0.3 is 14.7 Å². The van der Waals surface area contributed by atoms with Gasteiger partial charge in [0.05, 0.1) is 0 Å². The second-order valence-electron chi connectivity index (χ2n) is 9.52. The zero-order valence-corrected chi connectivity index (χ0v) is 22.5. The molecule has 3 aromatic rings. The quantitative estimate of drug-likeness (QED) is 0.457. The Kier molecular flexibility index (Phi) is 7.98. The number of nitrogens with one attached hydrogen (secondary N) is 1. The lowest BCUT2D eigenvalue weighted by Crippen LogP contribution is -2.41. The number of rotatable bonds is 7. The molecule has 1 amide bonds. The Bertz CT molecular complexity index is 1480. The fourth-order valence-corrected chi connectivity index (χ4v) is 6.22. The van der Waals surface area contributed by atoms with Crippen molar-refractivity contribution in [2.45, 2.75) is 31.6 Å². The molecular formula is C27H30F2N4O4S. The zero-order valence-electron chi connectivity index (χ0n) is 21.7. The van der Waals surface area contributed by atoms with Gasteiger partial charge in [0.2, 0.25) is 15.9 Å². The van der Waals surface area contributed by atoms with Gasteiger partial charge >= 0.3 is 0 Å². The molecule has 0 bridgehead atoms. The molecule has 8 nitrogen and oxygen atoms in total. The summed E-state index contributed by atoms with van der Waals surface area (Å²) in [5, 5.41) is 6.74. The first-order valence-corrected chi connectivity index (χ1v) is 13.6. The van der Waals surface area contributed by atoms with E-state index in [9.17, 15) is 22.0 Å². The molecule has 38 heavy (non-hydrogen) atoms. The summed E-state index contributed by atoms with van der Waals surface area (Å²) in [4.78, 5) is 14.8. The summed E-state index contributed by atoms with van der Waals surface area (Å²) in [6, 6.07) is 8.79. The summed E-state index contributed by atoms with van der Waals surface area (Å²) in [6.07, 6.45) is 3.31. The number of hydrogen-bond donors (Lipinski definition) is 1. The van der Waals surface area contributed by atoms with Gasteiger partial charge in [-0.2, -0.15) is 4.31 Å². The maximum Gasteiger partial charge on any atom is 0.248 e. The number of carbonyl (C=O) groups excluding carboxylic acids is 1. The number of benzene rings is 2. The van der Waals surface area contributed by atoms with E-state index in [2.05, 4.69) is 10.5 Å². The molecule has 4 rings (SSSR count). The van der Waals surface area contributed by atoms with Gasteiger partial charge in [-0.05, 0) is 68.7 Å². The standard InChI is InChI=1S/C27H30F2N4O4S/c1-17-5-9-22(16-24(17)32(3)4)30-27(34)20-11-13-33(14-12-20)38(35,36)26-18(2)31-37-25(26)10-7-19-6-8-21(28)15-23(19)29/h5-10,15-16,20H,11-14H2,1-4H3,(H,30,34). The van der Waals surface area contributed by atoms with Crippen molar-refractivity contribution in [3.05, 3.63) is 70.6 Å². The predicted molar refractivity (Wildman–Crippen MR) is 142 cm³/mol.